The fourth-order valence-electron chi connectivity index (χ4n) is 4.12. The Hall–Kier alpha value is -2.84. The minimum Gasteiger partial charge on any atom is -0.493 e. The van der Waals surface area contributed by atoms with Gasteiger partial charge in [-0.15, -0.1) is 12.4 Å². The molecule has 0 saturated heterocycles. The SMILES string of the molecule is COc1ccc(OCCN(C)CCCN2CCc3cc(OC)c(OC)cc3CC2=O)cc1OC.Cl. The summed E-state index contributed by atoms with van der Waals surface area (Å²) in [4.78, 5) is 17.0. The average molecular weight is 509 g/mol. The van der Waals surface area contributed by atoms with E-state index in [0.29, 0.717) is 42.6 Å². The van der Waals surface area contributed by atoms with Crippen LogP contribution in [-0.4, -0.2) is 84.0 Å². The van der Waals surface area contributed by atoms with E-state index in [1.165, 1.54) is 0 Å². The topological polar surface area (TPSA) is 69.7 Å². The Labute approximate surface area is 214 Å². The number of rotatable bonds is 12. The van der Waals surface area contributed by atoms with Crippen molar-refractivity contribution in [2.45, 2.75) is 19.3 Å². The van der Waals surface area contributed by atoms with Crippen molar-refractivity contribution >= 4 is 18.3 Å². The standard InChI is InChI=1S/C26H36N2O6.ClH/c1-27(13-14-34-21-7-8-22(30-2)25(18-21)33-5)10-6-11-28-12-9-19-15-23(31-3)24(32-4)16-20(19)17-26(28)29;/h7-8,15-16,18H,6,9-14,17H2,1-5H3;1H. The fraction of sp³-hybridized carbons (Fsp3) is 0.500. The highest BCUT2D eigenvalue weighted by Crippen LogP contribution is 2.33. The maximum Gasteiger partial charge on any atom is 0.227 e. The molecular weight excluding hydrogens is 472 g/mol. The van der Waals surface area contributed by atoms with Crippen LogP contribution >= 0.6 is 12.4 Å². The zero-order chi connectivity index (χ0) is 24.5. The number of carbonyl (C=O) groups is 1. The maximum atomic E-state index is 12.8. The van der Waals surface area contributed by atoms with Gasteiger partial charge in [0.25, 0.3) is 0 Å². The predicted molar refractivity (Wildman–Crippen MR) is 138 cm³/mol. The summed E-state index contributed by atoms with van der Waals surface area (Å²) in [6.07, 6.45) is 2.11. The molecule has 0 unspecified atom stereocenters. The molecule has 1 aliphatic rings. The maximum absolute atomic E-state index is 12.8. The number of nitrogens with zero attached hydrogens (tertiary/aromatic N) is 2. The van der Waals surface area contributed by atoms with E-state index in [-0.39, 0.29) is 18.3 Å². The van der Waals surface area contributed by atoms with Crippen molar-refractivity contribution in [3.63, 3.8) is 0 Å². The van der Waals surface area contributed by atoms with Crippen LogP contribution in [0.4, 0.5) is 0 Å². The second-order valence-electron chi connectivity index (χ2n) is 8.31. The number of halogens is 1. The van der Waals surface area contributed by atoms with Crippen LogP contribution in [0, 0.1) is 0 Å². The zero-order valence-corrected chi connectivity index (χ0v) is 22.1. The van der Waals surface area contributed by atoms with Crippen LogP contribution in [0.2, 0.25) is 0 Å². The number of amides is 1. The van der Waals surface area contributed by atoms with Gasteiger partial charge in [-0.1, -0.05) is 0 Å². The van der Waals surface area contributed by atoms with Gasteiger partial charge < -0.3 is 33.5 Å². The van der Waals surface area contributed by atoms with Gasteiger partial charge in [0.15, 0.2) is 23.0 Å². The Morgan fingerprint density at radius 1 is 0.857 bits per heavy atom. The van der Waals surface area contributed by atoms with E-state index < -0.39 is 0 Å². The summed E-state index contributed by atoms with van der Waals surface area (Å²) < 4.78 is 27.3. The molecule has 0 bridgehead atoms. The van der Waals surface area contributed by atoms with Crippen LogP contribution in [0.15, 0.2) is 30.3 Å². The number of benzene rings is 2. The van der Waals surface area contributed by atoms with Gasteiger partial charge in [0.2, 0.25) is 5.91 Å². The molecule has 3 rings (SSSR count). The number of methoxy groups -OCH3 is 4. The fourth-order valence-corrected chi connectivity index (χ4v) is 4.12. The first-order valence-electron chi connectivity index (χ1n) is 11.5. The molecule has 0 spiro atoms. The molecule has 1 amide bonds. The Morgan fingerprint density at radius 3 is 2.14 bits per heavy atom. The van der Waals surface area contributed by atoms with Crippen LogP contribution in [0.5, 0.6) is 28.7 Å². The molecule has 0 fully saturated rings. The van der Waals surface area contributed by atoms with Crippen molar-refractivity contribution in [3.8, 4) is 28.7 Å². The van der Waals surface area contributed by atoms with Crippen LogP contribution in [-0.2, 0) is 17.6 Å². The molecule has 0 N–H and O–H groups in total. The third-order valence-corrected chi connectivity index (χ3v) is 6.12. The summed E-state index contributed by atoms with van der Waals surface area (Å²) in [6.45, 7) is 3.68. The monoisotopic (exact) mass is 508 g/mol. The molecule has 0 aliphatic carbocycles. The molecule has 2 aromatic rings. The van der Waals surface area contributed by atoms with Gasteiger partial charge in [0, 0.05) is 25.7 Å². The highest BCUT2D eigenvalue weighted by atomic mass is 35.5. The third-order valence-electron chi connectivity index (χ3n) is 6.12. The Bertz CT molecular complexity index is 971. The summed E-state index contributed by atoms with van der Waals surface area (Å²) in [6, 6.07) is 9.46. The molecule has 35 heavy (non-hydrogen) atoms. The molecule has 1 aliphatic heterocycles. The second kappa shape index (κ2) is 13.9. The minimum absolute atomic E-state index is 0. The molecule has 0 saturated carbocycles. The largest absolute Gasteiger partial charge is 0.493 e. The van der Waals surface area contributed by atoms with E-state index in [0.717, 1.165) is 49.4 Å². The Morgan fingerprint density at radius 2 is 1.49 bits per heavy atom. The van der Waals surface area contributed by atoms with Crippen molar-refractivity contribution in [1.29, 1.82) is 0 Å². The van der Waals surface area contributed by atoms with Gasteiger partial charge in [0.1, 0.15) is 12.4 Å². The lowest BCUT2D eigenvalue weighted by molar-refractivity contribution is -0.130. The van der Waals surface area contributed by atoms with Crippen molar-refractivity contribution in [2.75, 3.05) is 68.3 Å². The zero-order valence-electron chi connectivity index (χ0n) is 21.3. The molecule has 8 nitrogen and oxygen atoms in total. The average Bonchev–Trinajstić information content (AvgIpc) is 3.00. The molecular formula is C26H37ClN2O6. The smallest absolute Gasteiger partial charge is 0.227 e. The molecule has 1 heterocycles. The normalized spacial score (nSPS) is 13.0. The van der Waals surface area contributed by atoms with Crippen LogP contribution in [0.1, 0.15) is 17.5 Å². The summed E-state index contributed by atoms with van der Waals surface area (Å²) in [5, 5.41) is 0. The van der Waals surface area contributed by atoms with Crippen LogP contribution < -0.4 is 23.7 Å². The second-order valence-corrected chi connectivity index (χ2v) is 8.31. The van der Waals surface area contributed by atoms with Gasteiger partial charge in [0.05, 0.1) is 34.9 Å². The number of carbonyl (C=O) groups excluding carboxylic acids is 1. The van der Waals surface area contributed by atoms with Gasteiger partial charge in [-0.2, -0.15) is 0 Å². The lowest BCUT2D eigenvalue weighted by Crippen LogP contribution is -2.35. The van der Waals surface area contributed by atoms with E-state index in [2.05, 4.69) is 11.9 Å². The Kier molecular flexibility index (Phi) is 11.3. The summed E-state index contributed by atoms with van der Waals surface area (Å²) in [5.74, 6) is 3.60. The van der Waals surface area contributed by atoms with E-state index >= 15 is 0 Å². The lowest BCUT2D eigenvalue weighted by Gasteiger charge is -2.23. The first-order chi connectivity index (χ1) is 16.5. The van der Waals surface area contributed by atoms with Gasteiger partial charge in [-0.25, -0.2) is 0 Å². The summed E-state index contributed by atoms with van der Waals surface area (Å²) in [7, 11) is 8.53. The molecule has 0 atom stereocenters. The van der Waals surface area contributed by atoms with E-state index in [4.69, 9.17) is 23.7 Å². The lowest BCUT2D eigenvalue weighted by atomic mass is 10.0. The quantitative estimate of drug-likeness (QED) is 0.435. The molecule has 0 aromatic heterocycles. The van der Waals surface area contributed by atoms with Crippen molar-refractivity contribution < 1.29 is 28.5 Å². The summed E-state index contributed by atoms with van der Waals surface area (Å²) in [5.41, 5.74) is 2.17. The molecule has 194 valence electrons. The number of hydrogen-bond donors (Lipinski definition) is 0. The van der Waals surface area contributed by atoms with Gasteiger partial charge in [-0.3, -0.25) is 4.79 Å². The van der Waals surface area contributed by atoms with Crippen molar-refractivity contribution in [1.82, 2.24) is 9.80 Å². The van der Waals surface area contributed by atoms with Gasteiger partial charge in [-0.05, 0) is 61.8 Å². The molecule has 2 aromatic carbocycles. The molecule has 0 radical (unpaired) electrons. The number of likely N-dealkylation sites (N-methyl/N-ethyl adjacent to an activating group) is 1. The highest BCUT2D eigenvalue weighted by Gasteiger charge is 2.22. The first kappa shape index (κ1) is 28.4. The van der Waals surface area contributed by atoms with E-state index in [9.17, 15) is 4.79 Å². The van der Waals surface area contributed by atoms with Crippen LogP contribution in [0.25, 0.3) is 0 Å². The Balaban J connectivity index is 0.00000432. The predicted octanol–water partition coefficient (Wildman–Crippen LogP) is 3.47. The van der Waals surface area contributed by atoms with E-state index in [1.54, 1.807) is 28.4 Å². The van der Waals surface area contributed by atoms with Crippen molar-refractivity contribution in [2.24, 2.45) is 0 Å². The minimum atomic E-state index is 0. The number of hydrogen-bond acceptors (Lipinski definition) is 7. The highest BCUT2D eigenvalue weighted by molar-refractivity contribution is 5.85. The molecule has 9 heteroatoms. The number of fused-ring (bicyclic) bond motifs is 1. The van der Waals surface area contributed by atoms with Gasteiger partial charge >= 0.3 is 0 Å². The van der Waals surface area contributed by atoms with Crippen molar-refractivity contribution in [3.05, 3.63) is 41.5 Å². The number of ether oxygens (including phenoxy) is 5. The van der Waals surface area contributed by atoms with Crippen LogP contribution in [0.3, 0.4) is 0 Å². The summed E-state index contributed by atoms with van der Waals surface area (Å²) >= 11 is 0. The van der Waals surface area contributed by atoms with E-state index in [1.807, 2.05) is 35.2 Å². The third kappa shape index (κ3) is 7.57. The first-order valence-corrected chi connectivity index (χ1v) is 11.5.